The van der Waals surface area contributed by atoms with E-state index in [1.54, 1.807) is 12.4 Å². The molecule has 0 saturated heterocycles. The third kappa shape index (κ3) is 6.22. The second kappa shape index (κ2) is 8.01. The quantitative estimate of drug-likeness (QED) is 0.706. The van der Waals surface area contributed by atoms with Crippen LogP contribution in [0.4, 0.5) is 0 Å². The van der Waals surface area contributed by atoms with Gasteiger partial charge in [0, 0.05) is 18.8 Å². The van der Waals surface area contributed by atoms with Crippen LogP contribution in [0.3, 0.4) is 0 Å². The summed E-state index contributed by atoms with van der Waals surface area (Å²) < 4.78 is 5.55. The first kappa shape index (κ1) is 13.9. The summed E-state index contributed by atoms with van der Waals surface area (Å²) in [5, 5.41) is 3.31. The lowest BCUT2D eigenvalue weighted by Gasteiger charge is -2.09. The number of hydrogen-bond donors (Lipinski definition) is 1. The van der Waals surface area contributed by atoms with Crippen LogP contribution in [0, 0.1) is 0 Å². The molecule has 0 amide bonds. The van der Waals surface area contributed by atoms with Crippen molar-refractivity contribution in [3.05, 3.63) is 18.1 Å². The van der Waals surface area contributed by atoms with Gasteiger partial charge >= 0.3 is 0 Å². The fraction of sp³-hybridized carbons (Fsp3) is 0.692. The Labute approximate surface area is 104 Å². The van der Waals surface area contributed by atoms with Gasteiger partial charge in [0.25, 0.3) is 0 Å². The molecule has 1 heterocycles. The molecule has 1 aromatic rings. The average Bonchev–Trinajstić information content (AvgIpc) is 2.33. The molecule has 0 saturated carbocycles. The number of nitrogens with zero attached hydrogens (tertiary/aromatic N) is 2. The van der Waals surface area contributed by atoms with Crippen LogP contribution in [0.5, 0.6) is 5.88 Å². The molecular weight excluding hydrogens is 214 g/mol. The van der Waals surface area contributed by atoms with E-state index < -0.39 is 0 Å². The third-order valence-electron chi connectivity index (χ3n) is 2.35. The SMILES string of the molecule is CCCCCOc1cncc(CNC(C)C)n1. The lowest BCUT2D eigenvalue weighted by molar-refractivity contribution is 0.292. The molecule has 0 aromatic carbocycles. The Morgan fingerprint density at radius 2 is 2.12 bits per heavy atom. The molecule has 1 rings (SSSR count). The number of hydrogen-bond acceptors (Lipinski definition) is 4. The summed E-state index contributed by atoms with van der Waals surface area (Å²) in [5.74, 6) is 0.629. The molecular formula is C13H23N3O. The molecule has 0 fully saturated rings. The maximum absolute atomic E-state index is 5.55. The molecule has 0 atom stereocenters. The molecule has 1 aromatic heterocycles. The van der Waals surface area contributed by atoms with Crippen LogP contribution >= 0.6 is 0 Å². The van der Waals surface area contributed by atoms with Gasteiger partial charge in [0.05, 0.1) is 18.5 Å². The van der Waals surface area contributed by atoms with Crippen LogP contribution in [-0.2, 0) is 6.54 Å². The second-order valence-electron chi connectivity index (χ2n) is 4.44. The summed E-state index contributed by atoms with van der Waals surface area (Å²) in [6.07, 6.45) is 6.92. The van der Waals surface area contributed by atoms with Crippen LogP contribution in [-0.4, -0.2) is 22.6 Å². The van der Waals surface area contributed by atoms with Crippen molar-refractivity contribution in [3.63, 3.8) is 0 Å². The van der Waals surface area contributed by atoms with Gasteiger partial charge in [0.15, 0.2) is 0 Å². The summed E-state index contributed by atoms with van der Waals surface area (Å²) in [6, 6.07) is 0.450. The van der Waals surface area contributed by atoms with Crippen LogP contribution in [0.1, 0.15) is 45.7 Å². The number of nitrogens with one attached hydrogen (secondary N) is 1. The molecule has 4 heteroatoms. The van der Waals surface area contributed by atoms with E-state index in [0.717, 1.165) is 25.3 Å². The zero-order valence-electron chi connectivity index (χ0n) is 11.1. The molecule has 0 spiro atoms. The summed E-state index contributed by atoms with van der Waals surface area (Å²) in [6.45, 7) is 7.86. The highest BCUT2D eigenvalue weighted by Gasteiger charge is 2.00. The highest BCUT2D eigenvalue weighted by molar-refractivity contribution is 5.08. The van der Waals surface area contributed by atoms with Crippen LogP contribution in [0.25, 0.3) is 0 Å². The highest BCUT2D eigenvalue weighted by atomic mass is 16.5. The molecule has 0 bridgehead atoms. The molecule has 4 nitrogen and oxygen atoms in total. The largest absolute Gasteiger partial charge is 0.477 e. The molecule has 0 radical (unpaired) electrons. The van der Waals surface area contributed by atoms with Crippen molar-refractivity contribution >= 4 is 0 Å². The molecule has 17 heavy (non-hydrogen) atoms. The van der Waals surface area contributed by atoms with Gasteiger partial charge in [0.2, 0.25) is 5.88 Å². The summed E-state index contributed by atoms with van der Waals surface area (Å²) in [5.41, 5.74) is 0.923. The van der Waals surface area contributed by atoms with E-state index in [9.17, 15) is 0 Å². The predicted octanol–water partition coefficient (Wildman–Crippen LogP) is 2.54. The van der Waals surface area contributed by atoms with Gasteiger partial charge in [-0.2, -0.15) is 0 Å². The second-order valence-corrected chi connectivity index (χ2v) is 4.44. The fourth-order valence-electron chi connectivity index (χ4n) is 1.38. The van der Waals surface area contributed by atoms with E-state index in [1.807, 2.05) is 0 Å². The molecule has 0 aliphatic carbocycles. The van der Waals surface area contributed by atoms with E-state index in [-0.39, 0.29) is 0 Å². The number of rotatable bonds is 8. The lowest BCUT2D eigenvalue weighted by Crippen LogP contribution is -2.22. The maximum atomic E-state index is 5.55. The minimum absolute atomic E-state index is 0.450. The van der Waals surface area contributed by atoms with Gasteiger partial charge in [-0.1, -0.05) is 33.6 Å². The van der Waals surface area contributed by atoms with Gasteiger partial charge in [0.1, 0.15) is 0 Å². The smallest absolute Gasteiger partial charge is 0.232 e. The Kier molecular flexibility index (Phi) is 6.55. The van der Waals surface area contributed by atoms with Gasteiger partial charge in [-0.05, 0) is 6.42 Å². The van der Waals surface area contributed by atoms with Gasteiger partial charge in [-0.3, -0.25) is 4.98 Å². The number of ether oxygens (including phenoxy) is 1. The maximum Gasteiger partial charge on any atom is 0.232 e. The minimum Gasteiger partial charge on any atom is -0.477 e. The van der Waals surface area contributed by atoms with Crippen molar-refractivity contribution in [3.8, 4) is 5.88 Å². The average molecular weight is 237 g/mol. The van der Waals surface area contributed by atoms with E-state index in [0.29, 0.717) is 11.9 Å². The van der Waals surface area contributed by atoms with Crippen molar-refractivity contribution in [2.24, 2.45) is 0 Å². The normalized spacial score (nSPS) is 10.8. The molecule has 0 aliphatic heterocycles. The van der Waals surface area contributed by atoms with E-state index >= 15 is 0 Å². The standard InChI is InChI=1S/C13H23N3O/c1-4-5-6-7-17-13-10-14-8-12(16-13)9-15-11(2)3/h8,10-11,15H,4-7,9H2,1-3H3. The Bertz CT molecular complexity index is 315. The minimum atomic E-state index is 0.450. The first-order valence-corrected chi connectivity index (χ1v) is 6.39. The Morgan fingerprint density at radius 3 is 2.82 bits per heavy atom. The first-order valence-electron chi connectivity index (χ1n) is 6.39. The molecule has 96 valence electrons. The van der Waals surface area contributed by atoms with Crippen molar-refractivity contribution in [2.75, 3.05) is 6.61 Å². The molecule has 1 N–H and O–H groups in total. The van der Waals surface area contributed by atoms with Gasteiger partial charge < -0.3 is 10.1 Å². The first-order chi connectivity index (χ1) is 8.22. The Balaban J connectivity index is 2.37. The zero-order valence-corrected chi connectivity index (χ0v) is 11.1. The van der Waals surface area contributed by atoms with Crippen molar-refractivity contribution in [2.45, 2.75) is 52.6 Å². The van der Waals surface area contributed by atoms with Gasteiger partial charge in [-0.15, -0.1) is 0 Å². The van der Waals surface area contributed by atoms with Gasteiger partial charge in [-0.25, -0.2) is 4.98 Å². The summed E-state index contributed by atoms with van der Waals surface area (Å²) >= 11 is 0. The van der Waals surface area contributed by atoms with Crippen molar-refractivity contribution in [1.29, 1.82) is 0 Å². The number of aromatic nitrogens is 2. The fourth-order valence-corrected chi connectivity index (χ4v) is 1.38. The summed E-state index contributed by atoms with van der Waals surface area (Å²) in [4.78, 5) is 8.53. The van der Waals surface area contributed by atoms with Crippen molar-refractivity contribution in [1.82, 2.24) is 15.3 Å². The Morgan fingerprint density at radius 1 is 1.29 bits per heavy atom. The van der Waals surface area contributed by atoms with E-state index in [1.165, 1.54) is 12.8 Å². The molecule has 0 aliphatic rings. The van der Waals surface area contributed by atoms with E-state index in [2.05, 4.69) is 36.1 Å². The Hall–Kier alpha value is -1.16. The van der Waals surface area contributed by atoms with Crippen molar-refractivity contribution < 1.29 is 4.74 Å². The topological polar surface area (TPSA) is 47.0 Å². The zero-order chi connectivity index (χ0) is 12.5. The lowest BCUT2D eigenvalue weighted by atomic mass is 10.3. The van der Waals surface area contributed by atoms with Crippen LogP contribution < -0.4 is 10.1 Å². The van der Waals surface area contributed by atoms with Crippen LogP contribution in [0.2, 0.25) is 0 Å². The summed E-state index contributed by atoms with van der Waals surface area (Å²) in [7, 11) is 0. The van der Waals surface area contributed by atoms with E-state index in [4.69, 9.17) is 4.74 Å². The monoisotopic (exact) mass is 237 g/mol. The molecule has 0 unspecified atom stereocenters. The predicted molar refractivity (Wildman–Crippen MR) is 69.0 cm³/mol. The third-order valence-corrected chi connectivity index (χ3v) is 2.35. The number of unbranched alkanes of at least 4 members (excludes halogenated alkanes) is 2. The highest BCUT2D eigenvalue weighted by Crippen LogP contribution is 2.06. The van der Waals surface area contributed by atoms with Crippen LogP contribution in [0.15, 0.2) is 12.4 Å².